The van der Waals surface area contributed by atoms with Crippen LogP contribution in [0.5, 0.6) is 0 Å². The van der Waals surface area contributed by atoms with Gasteiger partial charge >= 0.3 is 0 Å². The molecule has 1 N–H and O–H groups in total. The third-order valence-corrected chi connectivity index (χ3v) is 2.82. The molecule has 0 aliphatic rings. The van der Waals surface area contributed by atoms with Crippen LogP contribution < -0.4 is 5.32 Å². The van der Waals surface area contributed by atoms with Crippen LogP contribution in [0.4, 0.5) is 5.95 Å². The van der Waals surface area contributed by atoms with Crippen LogP contribution in [0.15, 0.2) is 42.9 Å². The summed E-state index contributed by atoms with van der Waals surface area (Å²) in [7, 11) is 1.78. The highest BCUT2D eigenvalue weighted by atomic mass is 16.2. The van der Waals surface area contributed by atoms with E-state index in [0.717, 1.165) is 12.1 Å². The summed E-state index contributed by atoms with van der Waals surface area (Å²) in [5.41, 5.74) is 0.978. The van der Waals surface area contributed by atoms with Gasteiger partial charge in [0.15, 0.2) is 0 Å². The van der Waals surface area contributed by atoms with Crippen molar-refractivity contribution in [3.8, 4) is 0 Å². The van der Waals surface area contributed by atoms with E-state index >= 15 is 0 Å². The SMILES string of the molecule is CN(CCc1ccccn1)C(=O)CNc1ncccn1. The van der Waals surface area contributed by atoms with E-state index in [1.807, 2.05) is 18.2 Å². The number of nitrogens with zero attached hydrogens (tertiary/aromatic N) is 4. The maximum absolute atomic E-state index is 11.9. The summed E-state index contributed by atoms with van der Waals surface area (Å²) >= 11 is 0. The standard InChI is InChI=1S/C14H17N5O/c1-19(10-6-12-5-2-3-7-15-12)13(20)11-18-14-16-8-4-9-17-14/h2-5,7-9H,6,10-11H2,1H3,(H,16,17,18). The van der Waals surface area contributed by atoms with Gasteiger partial charge in [-0.15, -0.1) is 0 Å². The Balaban J connectivity index is 1.75. The zero-order valence-electron chi connectivity index (χ0n) is 11.4. The van der Waals surface area contributed by atoms with E-state index in [9.17, 15) is 4.79 Å². The average Bonchev–Trinajstić information content (AvgIpc) is 2.52. The minimum Gasteiger partial charge on any atom is -0.345 e. The Hall–Kier alpha value is -2.50. The van der Waals surface area contributed by atoms with Crippen molar-refractivity contribution in [3.05, 3.63) is 48.5 Å². The fraction of sp³-hybridized carbons (Fsp3) is 0.286. The summed E-state index contributed by atoms with van der Waals surface area (Å²) in [5.74, 6) is 0.451. The summed E-state index contributed by atoms with van der Waals surface area (Å²) in [4.78, 5) is 25.8. The third kappa shape index (κ3) is 4.31. The molecule has 0 spiro atoms. The normalized spacial score (nSPS) is 10.1. The van der Waals surface area contributed by atoms with Crippen molar-refractivity contribution in [2.45, 2.75) is 6.42 Å². The van der Waals surface area contributed by atoms with Crippen molar-refractivity contribution in [1.29, 1.82) is 0 Å². The van der Waals surface area contributed by atoms with Crippen LogP contribution >= 0.6 is 0 Å². The van der Waals surface area contributed by atoms with Crippen molar-refractivity contribution < 1.29 is 4.79 Å². The summed E-state index contributed by atoms with van der Waals surface area (Å²) in [5, 5.41) is 2.89. The van der Waals surface area contributed by atoms with Crippen molar-refractivity contribution >= 4 is 11.9 Å². The second-order valence-electron chi connectivity index (χ2n) is 4.31. The highest BCUT2D eigenvalue weighted by Crippen LogP contribution is 1.98. The summed E-state index contributed by atoms with van der Waals surface area (Å²) in [6, 6.07) is 7.50. The molecule has 2 aromatic rings. The molecule has 6 nitrogen and oxygen atoms in total. The van der Waals surface area contributed by atoms with Gasteiger partial charge in [0.2, 0.25) is 11.9 Å². The van der Waals surface area contributed by atoms with E-state index in [1.54, 1.807) is 36.6 Å². The van der Waals surface area contributed by atoms with Crippen molar-refractivity contribution in [2.24, 2.45) is 0 Å². The van der Waals surface area contributed by atoms with Crippen LogP contribution in [0.1, 0.15) is 5.69 Å². The third-order valence-electron chi connectivity index (χ3n) is 2.82. The monoisotopic (exact) mass is 271 g/mol. The lowest BCUT2D eigenvalue weighted by atomic mass is 10.2. The number of rotatable bonds is 6. The molecule has 0 unspecified atom stereocenters. The summed E-state index contributed by atoms with van der Waals surface area (Å²) < 4.78 is 0. The van der Waals surface area contributed by atoms with Gasteiger partial charge in [0.05, 0.1) is 6.54 Å². The fourth-order valence-electron chi connectivity index (χ4n) is 1.63. The lowest BCUT2D eigenvalue weighted by Crippen LogP contribution is -2.34. The molecule has 0 fully saturated rings. The van der Waals surface area contributed by atoms with Crippen LogP contribution in [0.2, 0.25) is 0 Å². The maximum Gasteiger partial charge on any atom is 0.241 e. The van der Waals surface area contributed by atoms with E-state index in [-0.39, 0.29) is 12.5 Å². The molecule has 0 aliphatic carbocycles. The molecule has 2 heterocycles. The Morgan fingerprint density at radius 2 is 1.90 bits per heavy atom. The van der Waals surface area contributed by atoms with E-state index in [0.29, 0.717) is 12.5 Å². The van der Waals surface area contributed by atoms with Gasteiger partial charge < -0.3 is 10.2 Å². The van der Waals surface area contributed by atoms with Gasteiger partial charge in [0.25, 0.3) is 0 Å². The number of carbonyl (C=O) groups is 1. The zero-order valence-corrected chi connectivity index (χ0v) is 11.4. The highest BCUT2D eigenvalue weighted by Gasteiger charge is 2.09. The van der Waals surface area contributed by atoms with Gasteiger partial charge in [-0.2, -0.15) is 0 Å². The molecule has 0 saturated heterocycles. The first-order valence-corrected chi connectivity index (χ1v) is 6.40. The van der Waals surface area contributed by atoms with Gasteiger partial charge in [0, 0.05) is 44.3 Å². The number of likely N-dealkylation sites (N-methyl/N-ethyl adjacent to an activating group) is 1. The first kappa shape index (κ1) is 13.9. The fourth-order valence-corrected chi connectivity index (χ4v) is 1.63. The quantitative estimate of drug-likeness (QED) is 0.848. The number of hydrogen-bond donors (Lipinski definition) is 1. The van der Waals surface area contributed by atoms with Crippen LogP contribution in [-0.2, 0) is 11.2 Å². The molecule has 0 bridgehead atoms. The number of amides is 1. The highest BCUT2D eigenvalue weighted by molar-refractivity contribution is 5.80. The summed E-state index contributed by atoms with van der Waals surface area (Å²) in [6.45, 7) is 0.815. The van der Waals surface area contributed by atoms with Crippen molar-refractivity contribution in [3.63, 3.8) is 0 Å². The largest absolute Gasteiger partial charge is 0.345 e. The minimum absolute atomic E-state index is 0.00613. The molecule has 0 aliphatic heterocycles. The van der Waals surface area contributed by atoms with Gasteiger partial charge in [-0.1, -0.05) is 6.07 Å². The van der Waals surface area contributed by atoms with Crippen LogP contribution in [0.25, 0.3) is 0 Å². The molecular weight excluding hydrogens is 254 g/mol. The van der Waals surface area contributed by atoms with Gasteiger partial charge in [-0.05, 0) is 18.2 Å². The Labute approximate surface area is 117 Å². The smallest absolute Gasteiger partial charge is 0.241 e. The van der Waals surface area contributed by atoms with E-state index in [4.69, 9.17) is 0 Å². The van der Waals surface area contributed by atoms with E-state index in [1.165, 1.54) is 0 Å². The van der Waals surface area contributed by atoms with Gasteiger partial charge in [-0.25, -0.2) is 9.97 Å². The predicted octanol–water partition coefficient (Wildman–Crippen LogP) is 0.985. The number of anilines is 1. The van der Waals surface area contributed by atoms with Gasteiger partial charge in [0.1, 0.15) is 0 Å². The van der Waals surface area contributed by atoms with Crippen molar-refractivity contribution in [2.75, 3.05) is 25.5 Å². The van der Waals surface area contributed by atoms with Crippen LogP contribution in [-0.4, -0.2) is 45.9 Å². The Morgan fingerprint density at radius 1 is 1.15 bits per heavy atom. The molecule has 20 heavy (non-hydrogen) atoms. The molecule has 2 rings (SSSR count). The number of nitrogens with one attached hydrogen (secondary N) is 1. The molecule has 104 valence electrons. The van der Waals surface area contributed by atoms with Gasteiger partial charge in [-0.3, -0.25) is 9.78 Å². The molecule has 0 radical (unpaired) electrons. The maximum atomic E-state index is 11.9. The topological polar surface area (TPSA) is 71.0 Å². The van der Waals surface area contributed by atoms with E-state index in [2.05, 4.69) is 20.3 Å². The van der Waals surface area contributed by atoms with Crippen LogP contribution in [0, 0.1) is 0 Å². The van der Waals surface area contributed by atoms with Crippen LogP contribution in [0.3, 0.4) is 0 Å². The molecular formula is C14H17N5O. The average molecular weight is 271 g/mol. The first-order chi connectivity index (χ1) is 9.75. The molecule has 0 aromatic carbocycles. The Kier molecular flexibility index (Phi) is 5.00. The zero-order chi connectivity index (χ0) is 14.2. The predicted molar refractivity (Wildman–Crippen MR) is 76.1 cm³/mol. The number of pyridine rings is 1. The summed E-state index contributed by atoms with van der Waals surface area (Å²) in [6.07, 6.45) is 5.76. The number of carbonyl (C=O) groups excluding carboxylic acids is 1. The second kappa shape index (κ2) is 7.18. The number of aromatic nitrogens is 3. The van der Waals surface area contributed by atoms with E-state index < -0.39 is 0 Å². The molecule has 2 aromatic heterocycles. The number of hydrogen-bond acceptors (Lipinski definition) is 5. The Morgan fingerprint density at radius 3 is 2.60 bits per heavy atom. The van der Waals surface area contributed by atoms with Crippen molar-refractivity contribution in [1.82, 2.24) is 19.9 Å². The molecule has 1 amide bonds. The molecule has 6 heteroatoms. The second-order valence-corrected chi connectivity index (χ2v) is 4.31. The minimum atomic E-state index is -0.00613. The molecule has 0 atom stereocenters. The lowest BCUT2D eigenvalue weighted by molar-refractivity contribution is -0.128. The first-order valence-electron chi connectivity index (χ1n) is 6.40. The lowest BCUT2D eigenvalue weighted by Gasteiger charge is -2.17. The molecule has 0 saturated carbocycles. The Bertz CT molecular complexity index is 532.